The largest absolute Gasteiger partial charge is 0.331 e. The topological polar surface area (TPSA) is 46.9 Å². The first kappa shape index (κ1) is 10.3. The number of benzene rings is 1. The average Bonchev–Trinajstić information content (AvgIpc) is 2.68. The predicted molar refractivity (Wildman–Crippen MR) is 53.0 cm³/mol. The summed E-state index contributed by atoms with van der Waals surface area (Å²) in [4.78, 5) is 15.1. The SMILES string of the molecule is O=C(Nc1cc(F)cc(F)c1)n1ccnc1. The summed E-state index contributed by atoms with van der Waals surface area (Å²) in [6.07, 6.45) is 4.13. The van der Waals surface area contributed by atoms with E-state index in [1.165, 1.54) is 18.7 Å². The number of halogens is 2. The van der Waals surface area contributed by atoms with E-state index in [0.29, 0.717) is 0 Å². The van der Waals surface area contributed by atoms with Gasteiger partial charge in [0.1, 0.15) is 18.0 Å². The van der Waals surface area contributed by atoms with Crippen molar-refractivity contribution in [2.24, 2.45) is 0 Å². The van der Waals surface area contributed by atoms with Crippen LogP contribution < -0.4 is 5.32 Å². The van der Waals surface area contributed by atoms with Crippen LogP contribution >= 0.6 is 0 Å². The Morgan fingerprint density at radius 3 is 2.50 bits per heavy atom. The molecule has 0 saturated carbocycles. The fourth-order valence-corrected chi connectivity index (χ4v) is 1.19. The van der Waals surface area contributed by atoms with Crippen LogP contribution in [0.15, 0.2) is 36.9 Å². The van der Waals surface area contributed by atoms with Gasteiger partial charge < -0.3 is 5.32 Å². The lowest BCUT2D eigenvalue weighted by atomic mass is 10.3. The summed E-state index contributed by atoms with van der Waals surface area (Å²) >= 11 is 0. The van der Waals surface area contributed by atoms with Gasteiger partial charge in [-0.3, -0.25) is 4.57 Å². The van der Waals surface area contributed by atoms with Crippen LogP contribution in [0, 0.1) is 11.6 Å². The molecule has 0 spiro atoms. The fraction of sp³-hybridized carbons (Fsp3) is 0. The maximum absolute atomic E-state index is 12.8. The van der Waals surface area contributed by atoms with E-state index < -0.39 is 17.7 Å². The third-order valence-electron chi connectivity index (χ3n) is 1.85. The highest BCUT2D eigenvalue weighted by atomic mass is 19.1. The highest BCUT2D eigenvalue weighted by Gasteiger charge is 2.06. The zero-order chi connectivity index (χ0) is 11.5. The van der Waals surface area contributed by atoms with Crippen molar-refractivity contribution in [3.05, 3.63) is 48.6 Å². The van der Waals surface area contributed by atoms with E-state index in [1.54, 1.807) is 0 Å². The van der Waals surface area contributed by atoms with Crippen molar-refractivity contribution in [1.29, 1.82) is 0 Å². The fourth-order valence-electron chi connectivity index (χ4n) is 1.19. The van der Waals surface area contributed by atoms with Gasteiger partial charge in [0.2, 0.25) is 0 Å². The number of nitrogens with zero attached hydrogens (tertiary/aromatic N) is 2. The molecule has 0 unspecified atom stereocenters. The van der Waals surface area contributed by atoms with Crippen LogP contribution in [-0.2, 0) is 0 Å². The van der Waals surface area contributed by atoms with Crippen LogP contribution in [0.5, 0.6) is 0 Å². The van der Waals surface area contributed by atoms with Gasteiger partial charge in [0.05, 0.1) is 0 Å². The van der Waals surface area contributed by atoms with E-state index in [-0.39, 0.29) is 5.69 Å². The summed E-state index contributed by atoms with van der Waals surface area (Å²) in [6.45, 7) is 0. The number of amides is 1. The molecule has 0 aliphatic heterocycles. The van der Waals surface area contributed by atoms with Gasteiger partial charge in [-0.15, -0.1) is 0 Å². The van der Waals surface area contributed by atoms with Crippen LogP contribution in [0.2, 0.25) is 0 Å². The van der Waals surface area contributed by atoms with Gasteiger partial charge >= 0.3 is 6.03 Å². The first-order valence-electron chi connectivity index (χ1n) is 4.40. The van der Waals surface area contributed by atoms with Gasteiger partial charge in [-0.2, -0.15) is 0 Å². The lowest BCUT2D eigenvalue weighted by Gasteiger charge is -2.05. The van der Waals surface area contributed by atoms with E-state index >= 15 is 0 Å². The molecule has 6 heteroatoms. The van der Waals surface area contributed by atoms with Crippen LogP contribution in [0.25, 0.3) is 0 Å². The molecule has 0 saturated heterocycles. The van der Waals surface area contributed by atoms with Crippen LogP contribution in [-0.4, -0.2) is 15.6 Å². The Morgan fingerprint density at radius 2 is 1.94 bits per heavy atom. The number of rotatable bonds is 1. The normalized spacial score (nSPS) is 10.1. The maximum Gasteiger partial charge on any atom is 0.331 e. The molecule has 0 radical (unpaired) electrons. The molecule has 16 heavy (non-hydrogen) atoms. The molecule has 2 aromatic rings. The van der Waals surface area contributed by atoms with Crippen molar-refractivity contribution < 1.29 is 13.6 Å². The van der Waals surface area contributed by atoms with Crippen molar-refractivity contribution in [3.63, 3.8) is 0 Å². The summed E-state index contributed by atoms with van der Waals surface area (Å²) in [6, 6.07) is 2.24. The Morgan fingerprint density at radius 1 is 1.25 bits per heavy atom. The average molecular weight is 223 g/mol. The molecule has 1 heterocycles. The number of anilines is 1. The van der Waals surface area contributed by atoms with Gasteiger partial charge in [0.15, 0.2) is 0 Å². The van der Waals surface area contributed by atoms with Crippen LogP contribution in [0.4, 0.5) is 19.3 Å². The third-order valence-corrected chi connectivity index (χ3v) is 1.85. The van der Waals surface area contributed by atoms with E-state index in [1.807, 2.05) is 0 Å². The molecule has 1 N–H and O–H groups in total. The van der Waals surface area contributed by atoms with E-state index in [4.69, 9.17) is 0 Å². The Bertz CT molecular complexity index is 491. The van der Waals surface area contributed by atoms with Crippen molar-refractivity contribution in [2.45, 2.75) is 0 Å². The third kappa shape index (κ3) is 2.22. The zero-order valence-electron chi connectivity index (χ0n) is 8.02. The number of carbonyl (C=O) groups is 1. The molecule has 2 rings (SSSR count). The lowest BCUT2D eigenvalue weighted by molar-refractivity contribution is 0.253. The second kappa shape index (κ2) is 4.09. The molecule has 0 aliphatic rings. The van der Waals surface area contributed by atoms with Gasteiger partial charge in [0.25, 0.3) is 0 Å². The molecule has 0 atom stereocenters. The highest BCUT2D eigenvalue weighted by Crippen LogP contribution is 2.12. The maximum atomic E-state index is 12.8. The Kier molecular flexibility index (Phi) is 2.63. The van der Waals surface area contributed by atoms with Crippen molar-refractivity contribution in [1.82, 2.24) is 9.55 Å². The number of carbonyl (C=O) groups excluding carboxylic acids is 1. The summed E-state index contributed by atoms with van der Waals surface area (Å²) < 4.78 is 26.8. The lowest BCUT2D eigenvalue weighted by Crippen LogP contribution is -2.17. The second-order valence-corrected chi connectivity index (χ2v) is 3.06. The molecule has 1 aromatic heterocycles. The minimum Gasteiger partial charge on any atom is -0.307 e. The van der Waals surface area contributed by atoms with Gasteiger partial charge in [-0.25, -0.2) is 18.6 Å². The zero-order valence-corrected chi connectivity index (χ0v) is 8.02. The summed E-state index contributed by atoms with van der Waals surface area (Å²) in [7, 11) is 0. The van der Waals surface area contributed by atoms with Crippen molar-refractivity contribution in [3.8, 4) is 0 Å². The molecule has 0 bridgehead atoms. The van der Waals surface area contributed by atoms with Crippen molar-refractivity contribution in [2.75, 3.05) is 5.32 Å². The number of hydrogen-bond acceptors (Lipinski definition) is 2. The monoisotopic (exact) mass is 223 g/mol. The minimum absolute atomic E-state index is 0.0520. The predicted octanol–water partition coefficient (Wildman–Crippen LogP) is 2.24. The number of aromatic nitrogens is 2. The second-order valence-electron chi connectivity index (χ2n) is 3.06. The van der Waals surface area contributed by atoms with Gasteiger partial charge in [-0.1, -0.05) is 0 Å². The summed E-state index contributed by atoms with van der Waals surface area (Å²) in [5.74, 6) is -1.50. The Hall–Kier alpha value is -2.24. The minimum atomic E-state index is -0.749. The van der Waals surface area contributed by atoms with Gasteiger partial charge in [0, 0.05) is 24.1 Å². The van der Waals surface area contributed by atoms with Gasteiger partial charge in [-0.05, 0) is 12.1 Å². The number of hydrogen-bond donors (Lipinski definition) is 1. The first-order valence-corrected chi connectivity index (χ1v) is 4.40. The summed E-state index contributed by atoms with van der Waals surface area (Å²) in [5.41, 5.74) is 0.0520. The molecular weight excluding hydrogens is 216 g/mol. The smallest absolute Gasteiger partial charge is 0.307 e. The summed E-state index contributed by atoms with van der Waals surface area (Å²) in [5, 5.41) is 2.33. The number of nitrogens with one attached hydrogen (secondary N) is 1. The van der Waals surface area contributed by atoms with E-state index in [9.17, 15) is 13.6 Å². The molecule has 82 valence electrons. The Labute approximate surface area is 89.5 Å². The van der Waals surface area contributed by atoms with E-state index in [0.717, 1.165) is 22.8 Å². The molecule has 1 amide bonds. The van der Waals surface area contributed by atoms with Crippen LogP contribution in [0.1, 0.15) is 0 Å². The molecular formula is C10H7F2N3O. The Balaban J connectivity index is 2.18. The standard InChI is InChI=1S/C10H7F2N3O/c11-7-3-8(12)5-9(4-7)14-10(16)15-2-1-13-6-15/h1-6H,(H,14,16). The molecule has 1 aromatic carbocycles. The first-order chi connectivity index (χ1) is 7.65. The quantitative estimate of drug-likeness (QED) is 0.805. The molecule has 0 aliphatic carbocycles. The number of imidazole rings is 1. The molecule has 4 nitrogen and oxygen atoms in total. The van der Waals surface area contributed by atoms with Crippen LogP contribution in [0.3, 0.4) is 0 Å². The molecule has 0 fully saturated rings. The van der Waals surface area contributed by atoms with E-state index in [2.05, 4.69) is 10.3 Å². The van der Waals surface area contributed by atoms with Crippen molar-refractivity contribution >= 4 is 11.7 Å². The highest BCUT2D eigenvalue weighted by molar-refractivity contribution is 5.90.